The number of hydrogen-bond donors (Lipinski definition) is 1. The van der Waals surface area contributed by atoms with Gasteiger partial charge in [0.05, 0.1) is 10.0 Å². The summed E-state index contributed by atoms with van der Waals surface area (Å²) in [6.07, 6.45) is 4.99. The molecule has 0 heterocycles. The van der Waals surface area contributed by atoms with Crippen molar-refractivity contribution in [2.45, 2.75) is 32.2 Å². The van der Waals surface area contributed by atoms with E-state index in [9.17, 15) is 0 Å². The van der Waals surface area contributed by atoms with Crippen LogP contribution in [0.5, 0.6) is 0 Å². The van der Waals surface area contributed by atoms with E-state index in [2.05, 4.69) is 23.5 Å². The van der Waals surface area contributed by atoms with Crippen molar-refractivity contribution in [1.29, 1.82) is 0 Å². The molecule has 1 N–H and O–H groups in total. The molecule has 1 aliphatic rings. The van der Waals surface area contributed by atoms with E-state index in [-0.39, 0.29) is 0 Å². The lowest BCUT2D eigenvalue weighted by Gasteiger charge is -2.20. The number of benzene rings is 2. The van der Waals surface area contributed by atoms with Crippen LogP contribution in [0.3, 0.4) is 0 Å². The van der Waals surface area contributed by atoms with Crippen LogP contribution in [-0.4, -0.2) is 0 Å². The van der Waals surface area contributed by atoms with E-state index in [1.807, 2.05) is 18.2 Å². The van der Waals surface area contributed by atoms with E-state index in [1.165, 1.54) is 42.5 Å². The summed E-state index contributed by atoms with van der Waals surface area (Å²) in [4.78, 5) is 0. The highest BCUT2D eigenvalue weighted by Gasteiger charge is 2.12. The zero-order chi connectivity index (χ0) is 13.9. The molecule has 20 heavy (non-hydrogen) atoms. The van der Waals surface area contributed by atoms with Crippen molar-refractivity contribution >= 4 is 28.9 Å². The van der Waals surface area contributed by atoms with Gasteiger partial charge in [0, 0.05) is 12.2 Å². The number of nitrogens with one attached hydrogen (secondary N) is 1. The van der Waals surface area contributed by atoms with Gasteiger partial charge in [0.1, 0.15) is 0 Å². The first-order valence-corrected chi connectivity index (χ1v) is 7.78. The molecule has 0 radical (unpaired) electrons. The van der Waals surface area contributed by atoms with Crippen molar-refractivity contribution in [3.8, 4) is 0 Å². The summed E-state index contributed by atoms with van der Waals surface area (Å²) in [6.45, 7) is 0.771. The third-order valence-corrected chi connectivity index (χ3v) is 4.60. The molecule has 1 aliphatic carbocycles. The summed E-state index contributed by atoms with van der Waals surface area (Å²) in [5, 5.41) is 4.75. The van der Waals surface area contributed by atoms with Crippen LogP contribution in [0.25, 0.3) is 0 Å². The molecule has 0 saturated heterocycles. The largest absolute Gasteiger partial charge is 0.381 e. The minimum Gasteiger partial charge on any atom is -0.381 e. The van der Waals surface area contributed by atoms with Crippen LogP contribution in [-0.2, 0) is 19.4 Å². The Labute approximate surface area is 129 Å². The van der Waals surface area contributed by atoms with Crippen LogP contribution in [0.4, 0.5) is 5.69 Å². The molecule has 2 aromatic carbocycles. The number of aryl methyl sites for hydroxylation is 1. The Morgan fingerprint density at radius 2 is 1.80 bits per heavy atom. The van der Waals surface area contributed by atoms with Gasteiger partial charge in [-0.15, -0.1) is 0 Å². The Hall–Kier alpha value is -1.18. The second kappa shape index (κ2) is 6.07. The minimum atomic E-state index is 0.604. The normalized spacial score (nSPS) is 13.9. The van der Waals surface area contributed by atoms with Crippen LogP contribution < -0.4 is 5.32 Å². The SMILES string of the molecule is Clc1ccc(CNc2cccc3c2CCCC3)cc1Cl. The number of halogens is 2. The van der Waals surface area contributed by atoms with Gasteiger partial charge in [-0.05, 0) is 60.6 Å². The molecule has 1 nitrogen and oxygen atoms in total. The summed E-state index contributed by atoms with van der Waals surface area (Å²) >= 11 is 12.0. The van der Waals surface area contributed by atoms with Gasteiger partial charge in [-0.2, -0.15) is 0 Å². The predicted molar refractivity (Wildman–Crippen MR) is 86.9 cm³/mol. The van der Waals surface area contributed by atoms with Gasteiger partial charge in [0.25, 0.3) is 0 Å². The molecule has 0 fully saturated rings. The van der Waals surface area contributed by atoms with E-state index < -0.39 is 0 Å². The first-order valence-electron chi connectivity index (χ1n) is 7.02. The molecule has 3 rings (SSSR count). The second-order valence-corrected chi connectivity index (χ2v) is 6.07. The Balaban J connectivity index is 1.76. The average molecular weight is 306 g/mol. The van der Waals surface area contributed by atoms with Crippen LogP contribution >= 0.6 is 23.2 Å². The highest BCUT2D eigenvalue weighted by atomic mass is 35.5. The zero-order valence-corrected chi connectivity index (χ0v) is 12.8. The first-order chi connectivity index (χ1) is 9.74. The van der Waals surface area contributed by atoms with E-state index in [0.29, 0.717) is 10.0 Å². The molecule has 0 bridgehead atoms. The van der Waals surface area contributed by atoms with Crippen molar-refractivity contribution in [3.63, 3.8) is 0 Å². The Bertz CT molecular complexity index is 622. The van der Waals surface area contributed by atoms with Crippen LogP contribution in [0.1, 0.15) is 29.5 Å². The van der Waals surface area contributed by atoms with Gasteiger partial charge in [-0.1, -0.05) is 41.4 Å². The lowest BCUT2D eigenvalue weighted by atomic mass is 9.90. The maximum absolute atomic E-state index is 6.05. The summed E-state index contributed by atoms with van der Waals surface area (Å²) in [5.41, 5.74) is 5.38. The van der Waals surface area contributed by atoms with Gasteiger partial charge in [-0.25, -0.2) is 0 Å². The molecule has 0 spiro atoms. The Morgan fingerprint density at radius 1 is 0.950 bits per heavy atom. The standard InChI is InChI=1S/C17H17Cl2N/c18-15-9-8-12(10-16(15)19)11-20-17-7-3-5-13-4-1-2-6-14(13)17/h3,5,7-10,20H,1-2,4,6,11H2. The summed E-state index contributed by atoms with van der Waals surface area (Å²) in [7, 11) is 0. The minimum absolute atomic E-state index is 0.604. The Morgan fingerprint density at radius 3 is 2.65 bits per heavy atom. The van der Waals surface area contributed by atoms with Crippen LogP contribution in [0.2, 0.25) is 10.0 Å². The first kappa shape index (κ1) is 13.8. The fourth-order valence-electron chi connectivity index (χ4n) is 2.79. The number of anilines is 1. The third-order valence-electron chi connectivity index (χ3n) is 3.86. The average Bonchev–Trinajstić information content (AvgIpc) is 2.48. The topological polar surface area (TPSA) is 12.0 Å². The summed E-state index contributed by atoms with van der Waals surface area (Å²) in [6, 6.07) is 12.3. The van der Waals surface area contributed by atoms with Gasteiger partial charge in [-0.3, -0.25) is 0 Å². The molecule has 104 valence electrons. The van der Waals surface area contributed by atoms with Crippen molar-refractivity contribution in [1.82, 2.24) is 0 Å². The molecule has 0 amide bonds. The molecule has 0 aromatic heterocycles. The number of fused-ring (bicyclic) bond motifs is 1. The monoisotopic (exact) mass is 305 g/mol. The summed E-state index contributed by atoms with van der Waals surface area (Å²) < 4.78 is 0. The van der Waals surface area contributed by atoms with Crippen LogP contribution in [0, 0.1) is 0 Å². The molecule has 0 aliphatic heterocycles. The highest BCUT2D eigenvalue weighted by molar-refractivity contribution is 6.42. The fraction of sp³-hybridized carbons (Fsp3) is 0.294. The Kier molecular flexibility index (Phi) is 4.18. The predicted octanol–water partition coefficient (Wildman–Crippen LogP) is 5.48. The van der Waals surface area contributed by atoms with Crippen molar-refractivity contribution in [3.05, 3.63) is 63.1 Å². The van der Waals surface area contributed by atoms with Gasteiger partial charge >= 0.3 is 0 Å². The molecular weight excluding hydrogens is 289 g/mol. The maximum Gasteiger partial charge on any atom is 0.0595 e. The van der Waals surface area contributed by atoms with E-state index in [0.717, 1.165) is 12.1 Å². The molecular formula is C17H17Cl2N. The van der Waals surface area contributed by atoms with E-state index in [1.54, 1.807) is 0 Å². The molecule has 0 atom stereocenters. The fourth-order valence-corrected chi connectivity index (χ4v) is 3.11. The van der Waals surface area contributed by atoms with Crippen molar-refractivity contribution in [2.75, 3.05) is 5.32 Å². The molecule has 0 unspecified atom stereocenters. The van der Waals surface area contributed by atoms with Crippen molar-refractivity contribution < 1.29 is 0 Å². The number of hydrogen-bond acceptors (Lipinski definition) is 1. The summed E-state index contributed by atoms with van der Waals surface area (Å²) in [5.74, 6) is 0. The molecule has 2 aromatic rings. The van der Waals surface area contributed by atoms with Gasteiger partial charge in [0.15, 0.2) is 0 Å². The van der Waals surface area contributed by atoms with Gasteiger partial charge in [0.2, 0.25) is 0 Å². The van der Waals surface area contributed by atoms with Crippen LogP contribution in [0.15, 0.2) is 36.4 Å². The smallest absolute Gasteiger partial charge is 0.0595 e. The lowest BCUT2D eigenvalue weighted by Crippen LogP contribution is -2.08. The highest BCUT2D eigenvalue weighted by Crippen LogP contribution is 2.28. The third kappa shape index (κ3) is 2.94. The van der Waals surface area contributed by atoms with Gasteiger partial charge < -0.3 is 5.32 Å². The quantitative estimate of drug-likeness (QED) is 0.791. The van der Waals surface area contributed by atoms with E-state index >= 15 is 0 Å². The molecule has 3 heteroatoms. The number of rotatable bonds is 3. The zero-order valence-electron chi connectivity index (χ0n) is 11.3. The van der Waals surface area contributed by atoms with Crippen molar-refractivity contribution in [2.24, 2.45) is 0 Å². The van der Waals surface area contributed by atoms with E-state index in [4.69, 9.17) is 23.2 Å². The lowest BCUT2D eigenvalue weighted by molar-refractivity contribution is 0.686. The maximum atomic E-state index is 6.05. The molecule has 0 saturated carbocycles. The second-order valence-electron chi connectivity index (χ2n) is 5.25.